The first-order valence-corrected chi connectivity index (χ1v) is 12.1. The van der Waals surface area contributed by atoms with Crippen LogP contribution in [0.2, 0.25) is 0 Å². The van der Waals surface area contributed by atoms with E-state index in [2.05, 4.69) is 15.5 Å². The Bertz CT molecular complexity index is 1080. The highest BCUT2D eigenvalue weighted by atomic mass is 32.1. The second-order valence-corrected chi connectivity index (χ2v) is 9.08. The third kappa shape index (κ3) is 5.96. The zero-order valence-corrected chi connectivity index (χ0v) is 19.5. The normalized spacial score (nSPS) is 14.0. The number of benzene rings is 2. The minimum absolute atomic E-state index is 0.0594. The zero-order chi connectivity index (χ0) is 23.0. The highest BCUT2D eigenvalue weighted by molar-refractivity contribution is 7.18. The van der Waals surface area contributed by atoms with E-state index < -0.39 is 0 Å². The lowest BCUT2D eigenvalue weighted by Gasteiger charge is -2.34. The molecule has 3 aromatic rings. The third-order valence-corrected chi connectivity index (χ3v) is 6.75. The van der Waals surface area contributed by atoms with Crippen molar-refractivity contribution in [3.63, 3.8) is 0 Å². The fourth-order valence-electron chi connectivity index (χ4n) is 4.14. The van der Waals surface area contributed by atoms with E-state index in [0.29, 0.717) is 23.0 Å². The van der Waals surface area contributed by atoms with E-state index in [0.717, 1.165) is 36.3 Å². The predicted octanol–water partition coefficient (Wildman–Crippen LogP) is 5.02. The van der Waals surface area contributed by atoms with Crippen LogP contribution in [-0.4, -0.2) is 46.6 Å². The van der Waals surface area contributed by atoms with Gasteiger partial charge in [-0.15, -0.1) is 10.2 Å². The summed E-state index contributed by atoms with van der Waals surface area (Å²) in [5.41, 5.74) is 1.54. The second kappa shape index (κ2) is 11.0. The summed E-state index contributed by atoms with van der Waals surface area (Å²) in [5, 5.41) is 12.3. The largest absolute Gasteiger partial charge is 0.497 e. The molecule has 1 aliphatic carbocycles. The van der Waals surface area contributed by atoms with Gasteiger partial charge in [-0.2, -0.15) is 0 Å². The monoisotopic (exact) mass is 464 g/mol. The summed E-state index contributed by atoms with van der Waals surface area (Å²) in [6.45, 7) is 0.358. The molecule has 0 aliphatic heterocycles. The Kier molecular flexibility index (Phi) is 7.67. The molecule has 4 rings (SSSR count). The van der Waals surface area contributed by atoms with E-state index in [4.69, 9.17) is 4.74 Å². The minimum atomic E-state index is -0.176. The summed E-state index contributed by atoms with van der Waals surface area (Å²) < 4.78 is 5.28. The molecule has 0 radical (unpaired) electrons. The number of rotatable bonds is 8. The van der Waals surface area contributed by atoms with Crippen LogP contribution in [0.4, 0.5) is 5.13 Å². The molecular weight excluding hydrogens is 436 g/mol. The first kappa shape index (κ1) is 22.9. The molecule has 0 atom stereocenters. The summed E-state index contributed by atoms with van der Waals surface area (Å²) in [6.07, 6.45) is 5.53. The van der Waals surface area contributed by atoms with Crippen molar-refractivity contribution < 1.29 is 14.3 Å². The number of hydrogen-bond acceptors (Lipinski definition) is 6. The molecule has 33 heavy (non-hydrogen) atoms. The van der Waals surface area contributed by atoms with Crippen LogP contribution in [0.25, 0.3) is 10.6 Å². The summed E-state index contributed by atoms with van der Waals surface area (Å²) in [4.78, 5) is 27.9. The van der Waals surface area contributed by atoms with Crippen molar-refractivity contribution in [2.45, 2.75) is 44.6 Å². The van der Waals surface area contributed by atoms with E-state index >= 15 is 0 Å². The van der Waals surface area contributed by atoms with Gasteiger partial charge >= 0.3 is 0 Å². The van der Waals surface area contributed by atoms with Gasteiger partial charge in [-0.3, -0.25) is 9.59 Å². The lowest BCUT2D eigenvalue weighted by Crippen LogP contribution is -2.43. The summed E-state index contributed by atoms with van der Waals surface area (Å²) in [5.74, 6) is 0.411. The summed E-state index contributed by atoms with van der Waals surface area (Å²) in [7, 11) is 1.59. The number of amides is 2. The first-order chi connectivity index (χ1) is 16.1. The van der Waals surface area contributed by atoms with Crippen LogP contribution in [0.3, 0.4) is 0 Å². The van der Waals surface area contributed by atoms with Gasteiger partial charge in [-0.05, 0) is 31.0 Å². The molecule has 0 spiro atoms. The van der Waals surface area contributed by atoms with E-state index in [1.165, 1.54) is 17.8 Å². The number of aromatic nitrogens is 2. The van der Waals surface area contributed by atoms with Crippen molar-refractivity contribution in [1.82, 2.24) is 15.1 Å². The van der Waals surface area contributed by atoms with Gasteiger partial charge in [0.2, 0.25) is 11.0 Å². The quantitative estimate of drug-likeness (QED) is 0.506. The van der Waals surface area contributed by atoms with Gasteiger partial charge in [-0.25, -0.2) is 0 Å². The fraction of sp³-hybridized carbons (Fsp3) is 0.360. The minimum Gasteiger partial charge on any atom is -0.497 e. The summed E-state index contributed by atoms with van der Waals surface area (Å²) >= 11 is 1.34. The molecule has 1 fully saturated rings. The SMILES string of the molecule is COc1cccc(C(=O)N(CCC(=O)Nc2nnc(-c3ccccc3)s2)C2CCCCC2)c1. The standard InChI is InChI=1S/C25H28N4O3S/c1-32-21-14-8-11-19(17-21)24(31)29(20-12-6-3-7-13-20)16-15-22(30)26-25-28-27-23(33-25)18-9-4-2-5-10-18/h2,4-5,8-11,14,17,20H,3,6-7,12-13,15-16H2,1H3,(H,26,28,30). The highest BCUT2D eigenvalue weighted by Crippen LogP contribution is 2.27. The molecule has 0 saturated heterocycles. The summed E-state index contributed by atoms with van der Waals surface area (Å²) in [6, 6.07) is 17.1. The maximum Gasteiger partial charge on any atom is 0.254 e. The molecule has 1 aliphatic rings. The van der Waals surface area contributed by atoms with Crippen LogP contribution < -0.4 is 10.1 Å². The Morgan fingerprint density at radius 1 is 1.06 bits per heavy atom. The molecule has 1 saturated carbocycles. The predicted molar refractivity (Wildman–Crippen MR) is 129 cm³/mol. The van der Waals surface area contributed by atoms with Gasteiger partial charge in [0, 0.05) is 30.1 Å². The Labute approximate surface area is 197 Å². The Balaban J connectivity index is 1.41. The number of hydrogen-bond donors (Lipinski definition) is 1. The van der Waals surface area contributed by atoms with Crippen molar-refractivity contribution in [2.75, 3.05) is 19.0 Å². The molecular formula is C25H28N4O3S. The van der Waals surface area contributed by atoms with E-state index in [1.54, 1.807) is 19.2 Å². The third-order valence-electron chi connectivity index (χ3n) is 5.86. The first-order valence-electron chi connectivity index (χ1n) is 11.3. The number of carbonyl (C=O) groups excluding carboxylic acids is 2. The van der Waals surface area contributed by atoms with Crippen molar-refractivity contribution in [3.8, 4) is 16.3 Å². The Hall–Kier alpha value is -3.26. The maximum atomic E-state index is 13.4. The van der Waals surface area contributed by atoms with Crippen molar-refractivity contribution in [2.24, 2.45) is 0 Å². The van der Waals surface area contributed by atoms with Gasteiger partial charge in [0.1, 0.15) is 10.8 Å². The van der Waals surface area contributed by atoms with Crippen molar-refractivity contribution in [1.29, 1.82) is 0 Å². The number of anilines is 1. The highest BCUT2D eigenvalue weighted by Gasteiger charge is 2.27. The van der Waals surface area contributed by atoms with Gasteiger partial charge in [-0.1, -0.05) is 67.0 Å². The molecule has 0 unspecified atom stereocenters. The van der Waals surface area contributed by atoms with Gasteiger partial charge in [0.15, 0.2) is 0 Å². The van der Waals surface area contributed by atoms with Crippen LogP contribution in [0, 0.1) is 0 Å². The average molecular weight is 465 g/mol. The van der Waals surface area contributed by atoms with Crippen LogP contribution >= 0.6 is 11.3 Å². The molecule has 0 bridgehead atoms. The van der Waals surface area contributed by atoms with Crippen LogP contribution in [-0.2, 0) is 4.79 Å². The second-order valence-electron chi connectivity index (χ2n) is 8.10. The van der Waals surface area contributed by atoms with E-state index in [1.807, 2.05) is 47.4 Å². The molecule has 172 valence electrons. The number of carbonyl (C=O) groups is 2. The fourth-order valence-corrected chi connectivity index (χ4v) is 4.90. The lowest BCUT2D eigenvalue weighted by atomic mass is 9.93. The van der Waals surface area contributed by atoms with Crippen LogP contribution in [0.1, 0.15) is 48.9 Å². The number of ether oxygens (including phenoxy) is 1. The number of nitrogens with one attached hydrogen (secondary N) is 1. The molecule has 1 N–H and O–H groups in total. The van der Waals surface area contributed by atoms with Gasteiger partial charge < -0.3 is 15.0 Å². The Morgan fingerprint density at radius 3 is 2.61 bits per heavy atom. The van der Waals surface area contributed by atoms with E-state index in [-0.39, 0.29) is 24.3 Å². The lowest BCUT2D eigenvalue weighted by molar-refractivity contribution is -0.116. The molecule has 1 aromatic heterocycles. The average Bonchev–Trinajstić information content (AvgIpc) is 3.33. The molecule has 2 aromatic carbocycles. The molecule has 1 heterocycles. The van der Waals surface area contributed by atoms with Crippen molar-refractivity contribution >= 4 is 28.3 Å². The number of methoxy groups -OCH3 is 1. The smallest absolute Gasteiger partial charge is 0.254 e. The van der Waals surface area contributed by atoms with E-state index in [9.17, 15) is 9.59 Å². The molecule has 8 heteroatoms. The molecule has 2 amide bonds. The van der Waals surface area contributed by atoms with Crippen LogP contribution in [0.5, 0.6) is 5.75 Å². The number of nitrogens with zero attached hydrogens (tertiary/aromatic N) is 3. The molecule has 7 nitrogen and oxygen atoms in total. The Morgan fingerprint density at radius 2 is 1.85 bits per heavy atom. The van der Waals surface area contributed by atoms with Gasteiger partial charge in [0.05, 0.1) is 7.11 Å². The zero-order valence-electron chi connectivity index (χ0n) is 18.7. The van der Waals surface area contributed by atoms with Crippen molar-refractivity contribution in [3.05, 3.63) is 60.2 Å². The van der Waals surface area contributed by atoms with Gasteiger partial charge in [0.25, 0.3) is 5.91 Å². The van der Waals surface area contributed by atoms with Crippen LogP contribution in [0.15, 0.2) is 54.6 Å². The topological polar surface area (TPSA) is 84.4 Å². The maximum absolute atomic E-state index is 13.4.